The van der Waals surface area contributed by atoms with Gasteiger partial charge in [-0.25, -0.2) is 14.6 Å². The van der Waals surface area contributed by atoms with Gasteiger partial charge in [0.2, 0.25) is 0 Å². The van der Waals surface area contributed by atoms with Crippen LogP contribution < -0.4 is 10.6 Å². The molecule has 0 atom stereocenters. The van der Waals surface area contributed by atoms with Crippen LogP contribution >= 0.6 is 0 Å². The molecule has 2 heterocycles. The number of hydrogen-bond acceptors (Lipinski definition) is 5. The van der Waals surface area contributed by atoms with Crippen molar-refractivity contribution in [2.75, 3.05) is 18.4 Å². The van der Waals surface area contributed by atoms with Gasteiger partial charge in [0.15, 0.2) is 17.2 Å². The number of aromatic nitrogens is 4. The molecule has 7 nitrogen and oxygen atoms in total. The van der Waals surface area contributed by atoms with Crippen molar-refractivity contribution < 1.29 is 4.79 Å². The third-order valence-corrected chi connectivity index (χ3v) is 4.25. The Morgan fingerprint density at radius 2 is 1.78 bits per heavy atom. The molecule has 0 spiro atoms. The van der Waals surface area contributed by atoms with E-state index < -0.39 is 0 Å². The zero-order valence-electron chi connectivity index (χ0n) is 15.9. The third kappa shape index (κ3) is 4.42. The molecule has 2 N–H and O–H groups in total. The maximum Gasteiger partial charge on any atom is 0.273 e. The highest BCUT2D eigenvalue weighted by atomic mass is 16.1. The van der Waals surface area contributed by atoms with E-state index in [2.05, 4.69) is 34.6 Å². The van der Waals surface area contributed by atoms with Gasteiger partial charge in [-0.2, -0.15) is 5.10 Å². The molecule has 1 amide bonds. The average Bonchev–Trinajstić information content (AvgIpc) is 3.11. The quantitative estimate of drug-likeness (QED) is 0.566. The molecule has 0 saturated heterocycles. The van der Waals surface area contributed by atoms with Gasteiger partial charge in [0.1, 0.15) is 5.52 Å². The lowest BCUT2D eigenvalue weighted by Gasteiger charge is -2.11. The maximum atomic E-state index is 12.6. The summed E-state index contributed by atoms with van der Waals surface area (Å²) in [6.45, 7) is 5.59. The van der Waals surface area contributed by atoms with Crippen molar-refractivity contribution in [1.82, 2.24) is 25.1 Å². The van der Waals surface area contributed by atoms with Crippen LogP contribution in [0.3, 0.4) is 0 Å². The summed E-state index contributed by atoms with van der Waals surface area (Å²) in [5, 5.41) is 10.6. The number of para-hydroxylation sites is 1. The number of carbonyl (C=O) groups excluding carboxylic acids is 1. The third-order valence-electron chi connectivity index (χ3n) is 4.25. The minimum atomic E-state index is -0.204. The largest absolute Gasteiger partial charge is 0.368 e. The van der Waals surface area contributed by atoms with Gasteiger partial charge in [0, 0.05) is 13.1 Å². The first-order valence-corrected chi connectivity index (χ1v) is 9.57. The van der Waals surface area contributed by atoms with Crippen molar-refractivity contribution in [3.63, 3.8) is 0 Å². The predicted molar refractivity (Wildman–Crippen MR) is 107 cm³/mol. The number of nitrogens with one attached hydrogen (secondary N) is 2. The van der Waals surface area contributed by atoms with Gasteiger partial charge in [0.25, 0.3) is 5.91 Å². The van der Waals surface area contributed by atoms with Gasteiger partial charge >= 0.3 is 0 Å². The van der Waals surface area contributed by atoms with Crippen LogP contribution in [0.15, 0.2) is 36.5 Å². The Kier molecular flexibility index (Phi) is 6.35. The van der Waals surface area contributed by atoms with Gasteiger partial charge in [-0.3, -0.25) is 4.79 Å². The highest BCUT2D eigenvalue weighted by molar-refractivity contribution is 5.98. The molecule has 3 aromatic rings. The Morgan fingerprint density at radius 3 is 2.52 bits per heavy atom. The van der Waals surface area contributed by atoms with Gasteiger partial charge < -0.3 is 10.6 Å². The molecule has 0 aliphatic rings. The fourth-order valence-corrected chi connectivity index (χ4v) is 2.73. The van der Waals surface area contributed by atoms with Gasteiger partial charge in [-0.05, 0) is 25.0 Å². The Morgan fingerprint density at radius 1 is 1.04 bits per heavy atom. The number of benzene rings is 1. The van der Waals surface area contributed by atoms with E-state index in [1.165, 1.54) is 0 Å². The highest BCUT2D eigenvalue weighted by Crippen LogP contribution is 2.20. The standard InChI is InChI=1S/C20H26N6O/c1-3-5-12-21-18-17(20(27)22-13-6-4-2)24-16-14-23-26(19(16)25-18)15-10-8-7-9-11-15/h7-11,14H,3-6,12-13H2,1-2H3,(H,21,25)(H,22,27). The molecule has 0 aliphatic heterocycles. The van der Waals surface area contributed by atoms with E-state index in [0.717, 1.165) is 37.9 Å². The minimum Gasteiger partial charge on any atom is -0.368 e. The van der Waals surface area contributed by atoms with Crippen LogP contribution in [0.1, 0.15) is 50.0 Å². The van der Waals surface area contributed by atoms with Crippen molar-refractivity contribution in [1.29, 1.82) is 0 Å². The van der Waals surface area contributed by atoms with Crippen LogP contribution in [0.2, 0.25) is 0 Å². The van der Waals surface area contributed by atoms with E-state index in [1.807, 2.05) is 30.3 Å². The van der Waals surface area contributed by atoms with Crippen LogP contribution in [-0.2, 0) is 0 Å². The van der Waals surface area contributed by atoms with Crippen molar-refractivity contribution in [2.24, 2.45) is 0 Å². The zero-order chi connectivity index (χ0) is 19.1. The zero-order valence-corrected chi connectivity index (χ0v) is 15.9. The average molecular weight is 366 g/mol. The summed E-state index contributed by atoms with van der Waals surface area (Å²) in [5.41, 5.74) is 2.45. The number of carbonyl (C=O) groups is 1. The molecule has 2 aromatic heterocycles. The molecule has 0 fully saturated rings. The summed E-state index contributed by atoms with van der Waals surface area (Å²) in [4.78, 5) is 21.9. The maximum absolute atomic E-state index is 12.6. The Hall–Kier alpha value is -2.96. The number of anilines is 1. The van der Waals surface area contributed by atoms with Crippen molar-refractivity contribution in [3.8, 4) is 5.69 Å². The molecular formula is C20H26N6O. The lowest BCUT2D eigenvalue weighted by molar-refractivity contribution is 0.0949. The number of amides is 1. The van der Waals surface area contributed by atoms with E-state index in [0.29, 0.717) is 29.2 Å². The van der Waals surface area contributed by atoms with E-state index in [1.54, 1.807) is 10.9 Å². The fraction of sp³-hybridized carbons (Fsp3) is 0.400. The van der Waals surface area contributed by atoms with Crippen molar-refractivity contribution in [2.45, 2.75) is 39.5 Å². The number of unbranched alkanes of at least 4 members (excludes halogenated alkanes) is 2. The number of fused-ring (bicyclic) bond motifs is 1. The van der Waals surface area contributed by atoms with Crippen LogP contribution in [0.4, 0.5) is 5.82 Å². The summed E-state index contributed by atoms with van der Waals surface area (Å²) in [7, 11) is 0. The molecule has 0 saturated carbocycles. The summed E-state index contributed by atoms with van der Waals surface area (Å²) in [6.07, 6.45) is 5.66. The lowest BCUT2D eigenvalue weighted by atomic mass is 10.3. The summed E-state index contributed by atoms with van der Waals surface area (Å²) < 4.78 is 1.74. The van der Waals surface area contributed by atoms with E-state index >= 15 is 0 Å². The molecule has 0 unspecified atom stereocenters. The molecule has 0 aliphatic carbocycles. The second-order valence-corrected chi connectivity index (χ2v) is 6.41. The topological polar surface area (TPSA) is 84.7 Å². The number of nitrogens with zero attached hydrogens (tertiary/aromatic N) is 4. The number of rotatable bonds is 9. The molecule has 1 aromatic carbocycles. The molecule has 0 bridgehead atoms. The molecule has 27 heavy (non-hydrogen) atoms. The van der Waals surface area contributed by atoms with Crippen LogP contribution in [0.5, 0.6) is 0 Å². The number of hydrogen-bond donors (Lipinski definition) is 2. The van der Waals surface area contributed by atoms with Crippen LogP contribution in [-0.4, -0.2) is 38.7 Å². The smallest absolute Gasteiger partial charge is 0.273 e. The van der Waals surface area contributed by atoms with Crippen molar-refractivity contribution in [3.05, 3.63) is 42.2 Å². The molecular weight excluding hydrogens is 340 g/mol. The molecule has 142 valence electrons. The van der Waals surface area contributed by atoms with Gasteiger partial charge in [0.05, 0.1) is 11.9 Å². The summed E-state index contributed by atoms with van der Waals surface area (Å²) in [5.74, 6) is 0.298. The lowest BCUT2D eigenvalue weighted by Crippen LogP contribution is -2.27. The Balaban J connectivity index is 1.98. The first-order valence-electron chi connectivity index (χ1n) is 9.57. The second kappa shape index (κ2) is 9.12. The molecule has 3 rings (SSSR count). The van der Waals surface area contributed by atoms with E-state index in [4.69, 9.17) is 4.98 Å². The minimum absolute atomic E-state index is 0.204. The first-order chi connectivity index (χ1) is 13.2. The van der Waals surface area contributed by atoms with Crippen molar-refractivity contribution >= 4 is 22.9 Å². The molecule has 0 radical (unpaired) electrons. The fourth-order valence-electron chi connectivity index (χ4n) is 2.73. The monoisotopic (exact) mass is 366 g/mol. The SMILES string of the molecule is CCCCNC(=O)c1nc2cnn(-c3ccccc3)c2nc1NCCCC. The highest BCUT2D eigenvalue weighted by Gasteiger charge is 2.18. The van der Waals surface area contributed by atoms with Gasteiger partial charge in [-0.1, -0.05) is 44.9 Å². The second-order valence-electron chi connectivity index (χ2n) is 6.41. The van der Waals surface area contributed by atoms with Crippen LogP contribution in [0.25, 0.3) is 16.9 Å². The summed E-state index contributed by atoms with van der Waals surface area (Å²) >= 11 is 0. The van der Waals surface area contributed by atoms with E-state index in [-0.39, 0.29) is 5.91 Å². The predicted octanol–water partition coefficient (Wildman–Crippen LogP) is 3.56. The summed E-state index contributed by atoms with van der Waals surface area (Å²) in [6, 6.07) is 9.78. The van der Waals surface area contributed by atoms with Gasteiger partial charge in [-0.15, -0.1) is 0 Å². The first kappa shape index (κ1) is 18.8. The van der Waals surface area contributed by atoms with E-state index in [9.17, 15) is 4.79 Å². The van der Waals surface area contributed by atoms with Crippen LogP contribution in [0, 0.1) is 0 Å². The normalized spacial score (nSPS) is 10.9. The Bertz CT molecular complexity index is 890. The Labute approximate surface area is 159 Å². The molecule has 7 heteroatoms.